The molecular weight excluding hydrogens is 390 g/mol. The van der Waals surface area contributed by atoms with Crippen LogP contribution in [0.5, 0.6) is 5.75 Å². The lowest BCUT2D eigenvalue weighted by molar-refractivity contribution is -0.116. The van der Waals surface area contributed by atoms with Crippen LogP contribution in [0.3, 0.4) is 0 Å². The Labute approximate surface area is 180 Å². The molecule has 0 radical (unpaired) electrons. The topological polar surface area (TPSA) is 72.7 Å². The van der Waals surface area contributed by atoms with E-state index in [-0.39, 0.29) is 18.1 Å². The van der Waals surface area contributed by atoms with Gasteiger partial charge in [-0.1, -0.05) is 36.4 Å². The van der Waals surface area contributed by atoms with E-state index in [1.165, 1.54) is 10.5 Å². The van der Waals surface area contributed by atoms with Crippen LogP contribution in [-0.2, 0) is 17.8 Å². The Bertz CT molecular complexity index is 1250. The molecule has 6 nitrogen and oxygen atoms in total. The lowest BCUT2D eigenvalue weighted by Gasteiger charge is -2.09. The average molecular weight is 413 g/mol. The maximum absolute atomic E-state index is 12.3. The third-order valence-electron chi connectivity index (χ3n) is 4.95. The van der Waals surface area contributed by atoms with Crippen molar-refractivity contribution in [1.82, 2.24) is 9.38 Å². The minimum absolute atomic E-state index is 0.0336. The molecule has 4 rings (SSSR count). The average Bonchev–Trinajstić information content (AvgIpc) is 2.79. The SMILES string of the molecule is Cc1cccn2c(=O)cc(COc3ccc(NC(=O)CCc4ccccc4)cc3)nc12. The quantitative estimate of drug-likeness (QED) is 0.494. The van der Waals surface area contributed by atoms with Crippen molar-refractivity contribution < 1.29 is 9.53 Å². The maximum atomic E-state index is 12.3. The zero-order chi connectivity index (χ0) is 21.6. The fourth-order valence-electron chi connectivity index (χ4n) is 3.30. The monoisotopic (exact) mass is 413 g/mol. The Kier molecular flexibility index (Phi) is 6.08. The summed E-state index contributed by atoms with van der Waals surface area (Å²) in [4.78, 5) is 29.0. The van der Waals surface area contributed by atoms with Crippen LogP contribution in [-0.4, -0.2) is 15.3 Å². The predicted octanol–water partition coefficient (Wildman–Crippen LogP) is 4.15. The molecule has 1 N–H and O–H groups in total. The third-order valence-corrected chi connectivity index (χ3v) is 4.95. The van der Waals surface area contributed by atoms with Crippen LogP contribution in [0.1, 0.15) is 23.2 Å². The Morgan fingerprint density at radius 1 is 1.03 bits per heavy atom. The first-order chi connectivity index (χ1) is 15.1. The number of ether oxygens (including phenoxy) is 1. The standard InChI is InChI=1S/C25H23N3O3/c1-18-6-5-15-28-24(30)16-21(27-25(18)28)17-31-22-12-10-20(11-13-22)26-23(29)14-9-19-7-3-2-4-8-19/h2-8,10-13,15-16H,9,14,17H2,1H3,(H,26,29). The predicted molar refractivity (Wildman–Crippen MR) is 120 cm³/mol. The van der Waals surface area contributed by atoms with Crippen LogP contribution in [0.15, 0.2) is 83.8 Å². The second-order valence-electron chi connectivity index (χ2n) is 7.32. The fraction of sp³-hybridized carbons (Fsp3) is 0.160. The summed E-state index contributed by atoms with van der Waals surface area (Å²) in [5, 5.41) is 2.90. The van der Waals surface area contributed by atoms with Gasteiger partial charge in [-0.15, -0.1) is 0 Å². The van der Waals surface area contributed by atoms with Gasteiger partial charge in [0.2, 0.25) is 5.91 Å². The van der Waals surface area contributed by atoms with E-state index >= 15 is 0 Å². The minimum Gasteiger partial charge on any atom is -0.487 e. The van der Waals surface area contributed by atoms with E-state index in [1.807, 2.05) is 49.4 Å². The molecule has 1 amide bonds. The summed E-state index contributed by atoms with van der Waals surface area (Å²) in [6.07, 6.45) is 2.83. The molecule has 31 heavy (non-hydrogen) atoms. The molecule has 0 aliphatic rings. The number of rotatable bonds is 7. The number of carbonyl (C=O) groups is 1. The summed E-state index contributed by atoms with van der Waals surface area (Å²) < 4.78 is 7.30. The lowest BCUT2D eigenvalue weighted by atomic mass is 10.1. The van der Waals surface area contributed by atoms with E-state index in [0.717, 1.165) is 11.1 Å². The highest BCUT2D eigenvalue weighted by Gasteiger charge is 2.07. The molecule has 0 aliphatic carbocycles. The number of carbonyl (C=O) groups excluding carboxylic acids is 1. The molecule has 2 heterocycles. The molecule has 0 aliphatic heterocycles. The molecule has 2 aromatic carbocycles. The van der Waals surface area contributed by atoms with Gasteiger partial charge in [-0.05, 0) is 54.8 Å². The van der Waals surface area contributed by atoms with E-state index in [2.05, 4.69) is 10.3 Å². The van der Waals surface area contributed by atoms with Crippen molar-refractivity contribution in [2.24, 2.45) is 0 Å². The summed E-state index contributed by atoms with van der Waals surface area (Å²) in [7, 11) is 0. The molecule has 0 saturated heterocycles. The van der Waals surface area contributed by atoms with Crippen LogP contribution >= 0.6 is 0 Å². The summed E-state index contributed by atoms with van der Waals surface area (Å²) in [6.45, 7) is 2.10. The molecule has 0 saturated carbocycles. The summed E-state index contributed by atoms with van der Waals surface area (Å²) in [5.41, 5.74) is 3.83. The maximum Gasteiger partial charge on any atom is 0.258 e. The lowest BCUT2D eigenvalue weighted by Crippen LogP contribution is -2.17. The van der Waals surface area contributed by atoms with E-state index < -0.39 is 0 Å². The van der Waals surface area contributed by atoms with E-state index in [9.17, 15) is 9.59 Å². The van der Waals surface area contributed by atoms with E-state index in [0.29, 0.717) is 35.6 Å². The van der Waals surface area contributed by atoms with Gasteiger partial charge < -0.3 is 10.1 Å². The molecule has 2 aromatic heterocycles. The molecule has 0 fully saturated rings. The zero-order valence-corrected chi connectivity index (χ0v) is 17.2. The van der Waals surface area contributed by atoms with Gasteiger partial charge in [0.05, 0.1) is 5.69 Å². The molecular formula is C25H23N3O3. The first-order valence-corrected chi connectivity index (χ1v) is 10.1. The number of hydrogen-bond acceptors (Lipinski definition) is 4. The Morgan fingerprint density at radius 2 is 1.81 bits per heavy atom. The zero-order valence-electron chi connectivity index (χ0n) is 17.2. The van der Waals surface area contributed by atoms with Crippen molar-refractivity contribution in [3.8, 4) is 5.75 Å². The van der Waals surface area contributed by atoms with Crippen molar-refractivity contribution in [3.63, 3.8) is 0 Å². The van der Waals surface area contributed by atoms with E-state index in [1.54, 1.807) is 30.5 Å². The van der Waals surface area contributed by atoms with Crippen molar-refractivity contribution in [2.75, 3.05) is 5.32 Å². The molecule has 0 spiro atoms. The summed E-state index contributed by atoms with van der Waals surface area (Å²) in [6, 6.07) is 22.3. The number of nitrogens with one attached hydrogen (secondary N) is 1. The summed E-state index contributed by atoms with van der Waals surface area (Å²) in [5.74, 6) is 0.600. The van der Waals surface area contributed by atoms with E-state index in [4.69, 9.17) is 4.74 Å². The number of pyridine rings is 1. The Morgan fingerprint density at radius 3 is 2.58 bits per heavy atom. The van der Waals surface area contributed by atoms with Crippen LogP contribution in [0.2, 0.25) is 0 Å². The van der Waals surface area contributed by atoms with Crippen molar-refractivity contribution in [3.05, 3.63) is 106 Å². The van der Waals surface area contributed by atoms with Crippen molar-refractivity contribution in [1.29, 1.82) is 0 Å². The van der Waals surface area contributed by atoms with Crippen molar-refractivity contribution in [2.45, 2.75) is 26.4 Å². The molecule has 0 atom stereocenters. The highest BCUT2D eigenvalue weighted by molar-refractivity contribution is 5.90. The van der Waals surface area contributed by atoms with Gasteiger partial charge in [-0.2, -0.15) is 0 Å². The van der Waals surface area contributed by atoms with Crippen LogP contribution in [0.4, 0.5) is 5.69 Å². The largest absolute Gasteiger partial charge is 0.487 e. The van der Waals surface area contributed by atoms with Crippen molar-refractivity contribution >= 4 is 17.2 Å². The van der Waals surface area contributed by atoms with Gasteiger partial charge in [-0.25, -0.2) is 4.98 Å². The summed E-state index contributed by atoms with van der Waals surface area (Å²) >= 11 is 0. The third kappa shape index (κ3) is 5.17. The first-order valence-electron chi connectivity index (χ1n) is 10.1. The smallest absolute Gasteiger partial charge is 0.258 e. The number of nitrogens with zero attached hydrogens (tertiary/aromatic N) is 2. The molecule has 0 unspecified atom stereocenters. The Hall–Kier alpha value is -3.93. The van der Waals surface area contributed by atoms with Crippen LogP contribution < -0.4 is 15.6 Å². The molecule has 156 valence electrons. The first kappa shape index (κ1) is 20.3. The van der Waals surface area contributed by atoms with Gasteiger partial charge in [0.15, 0.2) is 0 Å². The number of amides is 1. The number of anilines is 1. The second kappa shape index (κ2) is 9.26. The number of fused-ring (bicyclic) bond motifs is 1. The van der Waals surface area contributed by atoms with Gasteiger partial charge in [-0.3, -0.25) is 14.0 Å². The highest BCUT2D eigenvalue weighted by Crippen LogP contribution is 2.17. The molecule has 0 bridgehead atoms. The number of benzene rings is 2. The second-order valence-corrected chi connectivity index (χ2v) is 7.32. The van der Waals surface area contributed by atoms with Gasteiger partial charge in [0, 0.05) is 24.4 Å². The van der Waals surface area contributed by atoms with Gasteiger partial charge >= 0.3 is 0 Å². The fourth-order valence-corrected chi connectivity index (χ4v) is 3.30. The normalized spacial score (nSPS) is 10.7. The Balaban J connectivity index is 1.33. The highest BCUT2D eigenvalue weighted by atomic mass is 16.5. The van der Waals surface area contributed by atoms with Crippen LogP contribution in [0, 0.1) is 6.92 Å². The number of aromatic nitrogens is 2. The van der Waals surface area contributed by atoms with Gasteiger partial charge in [0.25, 0.3) is 5.56 Å². The minimum atomic E-state index is -0.138. The number of aryl methyl sites for hydroxylation is 2. The number of hydrogen-bond donors (Lipinski definition) is 1. The van der Waals surface area contributed by atoms with Crippen LogP contribution in [0.25, 0.3) is 5.65 Å². The van der Waals surface area contributed by atoms with Gasteiger partial charge in [0.1, 0.15) is 18.0 Å². The molecule has 6 heteroatoms. The molecule has 4 aromatic rings.